The van der Waals surface area contributed by atoms with Crippen molar-refractivity contribution in [2.24, 2.45) is 7.05 Å². The topological polar surface area (TPSA) is 113 Å². The number of fused-ring (bicyclic) bond motifs is 2. The van der Waals surface area contributed by atoms with Gasteiger partial charge in [0, 0.05) is 56.2 Å². The van der Waals surface area contributed by atoms with Crippen molar-refractivity contribution in [3.8, 4) is 0 Å². The summed E-state index contributed by atoms with van der Waals surface area (Å²) in [6.45, 7) is 8.06. The lowest BCUT2D eigenvalue weighted by atomic mass is 10.0. The number of piperidine rings is 1. The first kappa shape index (κ1) is 23.0. The first-order chi connectivity index (χ1) is 17.0. The molecule has 0 aliphatic carbocycles. The fourth-order valence-corrected chi connectivity index (χ4v) is 4.77. The highest BCUT2D eigenvalue weighted by atomic mass is 16.3. The Morgan fingerprint density at radius 2 is 2.03 bits per heavy atom. The van der Waals surface area contributed by atoms with Crippen LogP contribution in [0.5, 0.6) is 0 Å². The van der Waals surface area contributed by atoms with E-state index in [-0.39, 0.29) is 12.5 Å². The maximum atomic E-state index is 13.3. The Labute approximate surface area is 203 Å². The van der Waals surface area contributed by atoms with Crippen molar-refractivity contribution in [2.45, 2.75) is 32.4 Å². The van der Waals surface area contributed by atoms with Crippen molar-refractivity contribution in [1.82, 2.24) is 29.5 Å². The highest BCUT2D eigenvalue weighted by Gasteiger charge is 2.23. The molecule has 10 nitrogen and oxygen atoms in total. The van der Waals surface area contributed by atoms with E-state index in [2.05, 4.69) is 37.2 Å². The number of hydrogen-bond acceptors (Lipinski definition) is 7. The summed E-state index contributed by atoms with van der Waals surface area (Å²) in [4.78, 5) is 24.4. The number of rotatable bonds is 7. The van der Waals surface area contributed by atoms with Crippen molar-refractivity contribution < 1.29 is 9.90 Å². The number of aliphatic hydroxyl groups is 1. The van der Waals surface area contributed by atoms with Crippen LogP contribution >= 0.6 is 0 Å². The zero-order chi connectivity index (χ0) is 24.5. The quantitative estimate of drug-likeness (QED) is 0.353. The molecule has 3 aromatic heterocycles. The number of carbonyl (C=O) groups is 1. The van der Waals surface area contributed by atoms with E-state index in [4.69, 9.17) is 0 Å². The van der Waals surface area contributed by atoms with Gasteiger partial charge in [0.15, 0.2) is 5.65 Å². The largest absolute Gasteiger partial charge is 0.390 e. The van der Waals surface area contributed by atoms with E-state index >= 15 is 0 Å². The number of benzene rings is 1. The van der Waals surface area contributed by atoms with Crippen molar-refractivity contribution >= 4 is 34.0 Å². The van der Waals surface area contributed by atoms with Crippen LogP contribution in [-0.2, 0) is 13.7 Å². The Morgan fingerprint density at radius 3 is 2.77 bits per heavy atom. The molecule has 4 aromatic rings. The standard InChI is InChI=1S/C25H30N8O2/c1-4-9-26-17-7-10-32(11-8-17)21-6-5-18(23-19(21)13-31(3)30-23)25(35)29-22-14-33-12-16(2)27-24(33)20(15-34)28-22/h4-6,12-14,17,26,34H,1,7-11,15H2,2-3H3,(H,29,35). The minimum absolute atomic E-state index is 0.275. The van der Waals surface area contributed by atoms with E-state index in [0.717, 1.165) is 49.2 Å². The van der Waals surface area contributed by atoms with Crippen LogP contribution in [-0.4, -0.2) is 60.8 Å². The molecular weight excluding hydrogens is 444 g/mol. The van der Waals surface area contributed by atoms with Crippen LogP contribution in [0.2, 0.25) is 0 Å². The van der Waals surface area contributed by atoms with E-state index in [1.807, 2.05) is 44.6 Å². The number of anilines is 2. The molecule has 0 atom stereocenters. The molecule has 4 heterocycles. The molecule has 3 N–H and O–H groups in total. The molecule has 0 saturated carbocycles. The zero-order valence-electron chi connectivity index (χ0n) is 20.0. The second-order valence-corrected chi connectivity index (χ2v) is 8.95. The summed E-state index contributed by atoms with van der Waals surface area (Å²) < 4.78 is 3.50. The first-order valence-electron chi connectivity index (χ1n) is 11.8. The zero-order valence-corrected chi connectivity index (χ0v) is 20.0. The Morgan fingerprint density at radius 1 is 1.23 bits per heavy atom. The van der Waals surface area contributed by atoms with Crippen LogP contribution in [0.15, 0.2) is 43.4 Å². The summed E-state index contributed by atoms with van der Waals surface area (Å²) in [5, 5.41) is 21.7. The minimum atomic E-state index is -0.305. The van der Waals surface area contributed by atoms with Gasteiger partial charge in [-0.1, -0.05) is 6.08 Å². The van der Waals surface area contributed by atoms with Gasteiger partial charge >= 0.3 is 0 Å². The molecule has 1 aliphatic heterocycles. The Balaban J connectivity index is 1.41. The Bertz CT molecular complexity index is 1400. The SMILES string of the molecule is C=CCNC1CCN(c2ccc(C(=O)Nc3cn4cc(C)nc4c(CO)n3)c3nn(C)cc23)CC1. The van der Waals surface area contributed by atoms with E-state index in [1.165, 1.54) is 0 Å². The van der Waals surface area contributed by atoms with Crippen LogP contribution < -0.4 is 15.5 Å². The summed E-state index contributed by atoms with van der Waals surface area (Å²) in [7, 11) is 1.86. The van der Waals surface area contributed by atoms with Gasteiger partial charge in [-0.05, 0) is 31.9 Å². The summed E-state index contributed by atoms with van der Waals surface area (Å²) >= 11 is 0. The number of nitrogens with one attached hydrogen (secondary N) is 2. The number of nitrogens with zero attached hydrogens (tertiary/aromatic N) is 6. The first-order valence-corrected chi connectivity index (χ1v) is 11.8. The average Bonchev–Trinajstić information content (AvgIpc) is 3.43. The molecule has 10 heteroatoms. The van der Waals surface area contributed by atoms with Gasteiger partial charge in [0.25, 0.3) is 5.91 Å². The molecule has 182 valence electrons. The number of amides is 1. The third-order valence-corrected chi connectivity index (χ3v) is 6.42. The van der Waals surface area contributed by atoms with Gasteiger partial charge < -0.3 is 25.0 Å². The van der Waals surface area contributed by atoms with Crippen molar-refractivity contribution in [3.63, 3.8) is 0 Å². The summed E-state index contributed by atoms with van der Waals surface area (Å²) in [5.74, 6) is 0.0337. The van der Waals surface area contributed by atoms with Crippen LogP contribution in [0.3, 0.4) is 0 Å². The second-order valence-electron chi connectivity index (χ2n) is 8.95. The fraction of sp³-hybridized carbons (Fsp3) is 0.360. The minimum Gasteiger partial charge on any atom is -0.390 e. The van der Waals surface area contributed by atoms with E-state index in [1.54, 1.807) is 15.3 Å². The van der Waals surface area contributed by atoms with Gasteiger partial charge in [-0.2, -0.15) is 5.10 Å². The third kappa shape index (κ3) is 4.50. The predicted molar refractivity (Wildman–Crippen MR) is 136 cm³/mol. The lowest BCUT2D eigenvalue weighted by Gasteiger charge is -2.34. The summed E-state index contributed by atoms with van der Waals surface area (Å²) in [6.07, 6.45) is 9.48. The number of aliphatic hydroxyl groups excluding tert-OH is 1. The number of carbonyl (C=O) groups excluding carboxylic acids is 1. The highest BCUT2D eigenvalue weighted by Crippen LogP contribution is 2.31. The second kappa shape index (κ2) is 9.47. The van der Waals surface area contributed by atoms with Crippen LogP contribution in [0.4, 0.5) is 11.5 Å². The molecule has 0 radical (unpaired) electrons. The summed E-state index contributed by atoms with van der Waals surface area (Å²) in [6, 6.07) is 4.33. The molecule has 1 fully saturated rings. The lowest BCUT2D eigenvalue weighted by Crippen LogP contribution is -2.42. The molecule has 5 rings (SSSR count). The van der Waals surface area contributed by atoms with E-state index in [9.17, 15) is 9.90 Å². The molecule has 1 aliphatic rings. The maximum absolute atomic E-state index is 13.3. The van der Waals surface area contributed by atoms with Gasteiger partial charge in [-0.15, -0.1) is 6.58 Å². The molecule has 0 bridgehead atoms. The maximum Gasteiger partial charge on any atom is 0.259 e. The highest BCUT2D eigenvalue weighted by molar-refractivity contribution is 6.13. The van der Waals surface area contributed by atoms with Gasteiger partial charge in [0.05, 0.1) is 24.1 Å². The van der Waals surface area contributed by atoms with Crippen molar-refractivity contribution in [1.29, 1.82) is 0 Å². The molecule has 1 saturated heterocycles. The van der Waals surface area contributed by atoms with Gasteiger partial charge in [0.1, 0.15) is 17.0 Å². The average molecular weight is 475 g/mol. The number of aromatic nitrogens is 5. The number of aryl methyl sites for hydroxylation is 2. The van der Waals surface area contributed by atoms with E-state index in [0.29, 0.717) is 34.3 Å². The Kier molecular flexibility index (Phi) is 6.23. The van der Waals surface area contributed by atoms with Crippen molar-refractivity contribution in [3.05, 3.63) is 60.3 Å². The molecule has 35 heavy (non-hydrogen) atoms. The van der Waals surface area contributed by atoms with E-state index < -0.39 is 0 Å². The monoisotopic (exact) mass is 474 g/mol. The van der Waals surface area contributed by atoms with Crippen LogP contribution in [0.25, 0.3) is 16.6 Å². The Hall–Kier alpha value is -3.76. The normalized spacial score (nSPS) is 14.7. The molecule has 0 unspecified atom stereocenters. The summed E-state index contributed by atoms with van der Waals surface area (Å²) in [5.41, 5.74) is 3.99. The molecule has 1 amide bonds. The third-order valence-electron chi connectivity index (χ3n) is 6.42. The predicted octanol–water partition coefficient (Wildman–Crippen LogP) is 2.41. The molecular formula is C25H30N8O2. The van der Waals surface area contributed by atoms with Crippen LogP contribution in [0, 0.1) is 6.92 Å². The van der Waals surface area contributed by atoms with Crippen molar-refractivity contribution in [2.75, 3.05) is 29.9 Å². The molecule has 0 spiro atoms. The van der Waals surface area contributed by atoms with Gasteiger partial charge in [0.2, 0.25) is 0 Å². The fourth-order valence-electron chi connectivity index (χ4n) is 4.77. The van der Waals surface area contributed by atoms with Gasteiger partial charge in [-0.3, -0.25) is 9.48 Å². The van der Waals surface area contributed by atoms with Gasteiger partial charge in [-0.25, -0.2) is 9.97 Å². The number of imidazole rings is 1. The smallest absolute Gasteiger partial charge is 0.259 e. The lowest BCUT2D eigenvalue weighted by molar-refractivity contribution is 0.102. The van der Waals surface area contributed by atoms with Crippen LogP contribution in [0.1, 0.15) is 34.6 Å². The molecule has 1 aromatic carbocycles. The number of hydrogen-bond donors (Lipinski definition) is 3.